The van der Waals surface area contributed by atoms with Gasteiger partial charge in [0.05, 0.1) is 10.6 Å². The molecule has 1 saturated carbocycles. The Morgan fingerprint density at radius 3 is 2.24 bits per heavy atom. The third-order valence-corrected chi connectivity index (χ3v) is 8.31. The molecule has 1 aliphatic carbocycles. The zero-order chi connectivity index (χ0) is 29.7. The van der Waals surface area contributed by atoms with Crippen LogP contribution in [0.25, 0.3) is 10.9 Å². The Labute approximate surface area is 245 Å². The molecule has 0 unspecified atom stereocenters. The summed E-state index contributed by atoms with van der Waals surface area (Å²) in [4.78, 5) is 20.9. The van der Waals surface area contributed by atoms with E-state index >= 15 is 0 Å². The van der Waals surface area contributed by atoms with E-state index in [1.807, 2.05) is 0 Å². The van der Waals surface area contributed by atoms with Gasteiger partial charge in [0.2, 0.25) is 5.82 Å². The molecular weight excluding hydrogens is 553 g/mol. The first-order valence-electron chi connectivity index (χ1n) is 14.8. The van der Waals surface area contributed by atoms with Crippen LogP contribution in [-0.4, -0.2) is 39.1 Å². The molecule has 3 aromatic rings. The minimum atomic E-state index is -4.48. The lowest BCUT2D eigenvalue weighted by molar-refractivity contribution is -0.145. The number of hydrogen-bond donors (Lipinski definition) is 3. The van der Waals surface area contributed by atoms with E-state index in [0.29, 0.717) is 0 Å². The lowest BCUT2D eigenvalue weighted by Gasteiger charge is -2.37. The fraction of sp³-hybridized carbons (Fsp3) is 0.581. The molecule has 41 heavy (non-hydrogen) atoms. The molecule has 1 fully saturated rings. The van der Waals surface area contributed by atoms with Gasteiger partial charge in [0, 0.05) is 41.5 Å². The van der Waals surface area contributed by atoms with Crippen LogP contribution in [0.1, 0.15) is 112 Å². The second-order valence-corrected chi connectivity index (χ2v) is 11.3. The number of hydrogen-bond acceptors (Lipinski definition) is 4. The van der Waals surface area contributed by atoms with Crippen LogP contribution in [0, 0.1) is 0 Å². The number of H-pyrrole nitrogens is 1. The molecule has 4 rings (SSSR count). The highest BCUT2D eigenvalue weighted by Gasteiger charge is 2.37. The number of carbonyl (C=O) groups is 1. The molecule has 6 nitrogen and oxygen atoms in total. The van der Waals surface area contributed by atoms with Crippen molar-refractivity contribution in [1.82, 2.24) is 20.3 Å². The van der Waals surface area contributed by atoms with Gasteiger partial charge in [-0.15, -0.1) is 0 Å². The minimum absolute atomic E-state index is 0.122. The quantitative estimate of drug-likeness (QED) is 0.172. The van der Waals surface area contributed by atoms with Crippen molar-refractivity contribution >= 4 is 28.5 Å². The Balaban J connectivity index is 0.000000294. The number of aromatic nitrogens is 3. The van der Waals surface area contributed by atoms with Crippen LogP contribution in [0.4, 0.5) is 13.2 Å². The van der Waals surface area contributed by atoms with E-state index in [2.05, 4.69) is 27.2 Å². The number of carboxylic acids is 1. The van der Waals surface area contributed by atoms with Crippen LogP contribution in [-0.2, 0) is 11.6 Å². The minimum Gasteiger partial charge on any atom is -0.478 e. The van der Waals surface area contributed by atoms with Crippen molar-refractivity contribution in [2.24, 2.45) is 0 Å². The zero-order valence-corrected chi connectivity index (χ0v) is 24.6. The van der Waals surface area contributed by atoms with Crippen LogP contribution in [0.3, 0.4) is 0 Å². The van der Waals surface area contributed by atoms with Crippen molar-refractivity contribution in [1.29, 1.82) is 0 Å². The summed E-state index contributed by atoms with van der Waals surface area (Å²) in [5.41, 5.74) is 1.70. The van der Waals surface area contributed by atoms with Gasteiger partial charge in [0.25, 0.3) is 0 Å². The van der Waals surface area contributed by atoms with E-state index in [-0.39, 0.29) is 16.0 Å². The predicted octanol–water partition coefficient (Wildman–Crippen LogP) is 8.95. The Hall–Kier alpha value is -2.65. The smallest absolute Gasteiger partial charge is 0.451 e. The first kappa shape index (κ1) is 32.9. The molecule has 2 heterocycles. The van der Waals surface area contributed by atoms with Gasteiger partial charge in [-0.05, 0) is 49.6 Å². The maximum absolute atomic E-state index is 12.8. The molecule has 0 saturated heterocycles. The van der Waals surface area contributed by atoms with Gasteiger partial charge in [0.1, 0.15) is 0 Å². The van der Waals surface area contributed by atoms with E-state index in [0.717, 1.165) is 61.7 Å². The van der Waals surface area contributed by atoms with Crippen LogP contribution in [0.2, 0.25) is 5.02 Å². The van der Waals surface area contributed by atoms with Crippen molar-refractivity contribution in [3.05, 3.63) is 58.8 Å². The van der Waals surface area contributed by atoms with Crippen LogP contribution >= 0.6 is 11.6 Å². The molecule has 226 valence electrons. The summed E-state index contributed by atoms with van der Waals surface area (Å²) in [6.07, 6.45) is 15.8. The number of carboxylic acid groups (broad SMARTS) is 1. The van der Waals surface area contributed by atoms with Gasteiger partial charge in [-0.3, -0.25) is 0 Å². The maximum Gasteiger partial charge on any atom is 0.451 e. The highest BCUT2D eigenvalue weighted by molar-refractivity contribution is 6.38. The van der Waals surface area contributed by atoms with Crippen molar-refractivity contribution < 1.29 is 23.1 Å². The standard InChI is InChI=1S/C22H36F3N3.C9H6ClNO2/c1-2-3-4-5-6-7-8-12-15-26-18-21(13-10-9-11-14-21)19-16-27-20(28-17-19)22(23,24)25;10-8-5-3-4-11-7(5)2-1-6(8)9(12)13/h16-17,26H,2-15,18H2,1H3;1-4,11H,(H,12,13). The second-order valence-electron chi connectivity index (χ2n) is 11.0. The van der Waals surface area contributed by atoms with E-state index in [1.54, 1.807) is 18.3 Å². The Morgan fingerprint density at radius 1 is 1.00 bits per heavy atom. The number of fused-ring (bicyclic) bond motifs is 1. The number of alkyl halides is 3. The van der Waals surface area contributed by atoms with E-state index < -0.39 is 18.0 Å². The molecule has 1 aliphatic rings. The van der Waals surface area contributed by atoms with Gasteiger partial charge in [0.15, 0.2) is 0 Å². The average Bonchev–Trinajstić information content (AvgIpc) is 3.45. The molecule has 0 radical (unpaired) electrons. The number of aromatic carboxylic acids is 1. The van der Waals surface area contributed by atoms with Crippen molar-refractivity contribution in [2.75, 3.05) is 13.1 Å². The number of nitrogens with one attached hydrogen (secondary N) is 2. The molecule has 0 bridgehead atoms. The second kappa shape index (κ2) is 16.1. The van der Waals surface area contributed by atoms with Crippen LogP contribution in [0.15, 0.2) is 36.8 Å². The Morgan fingerprint density at radius 2 is 1.63 bits per heavy atom. The molecule has 10 heteroatoms. The summed E-state index contributed by atoms with van der Waals surface area (Å²) in [5, 5.41) is 13.4. The number of halogens is 4. The average molecular weight is 595 g/mol. The molecule has 1 aromatic carbocycles. The summed E-state index contributed by atoms with van der Waals surface area (Å²) in [6.45, 7) is 4.01. The number of nitrogens with zero attached hydrogens (tertiary/aromatic N) is 2. The van der Waals surface area contributed by atoms with E-state index in [9.17, 15) is 18.0 Å². The summed E-state index contributed by atoms with van der Waals surface area (Å²) in [7, 11) is 0. The van der Waals surface area contributed by atoms with Crippen LogP contribution < -0.4 is 5.32 Å². The molecule has 2 aromatic heterocycles. The first-order chi connectivity index (χ1) is 19.7. The van der Waals surface area contributed by atoms with Gasteiger partial charge in [-0.2, -0.15) is 13.2 Å². The number of benzene rings is 1. The number of rotatable bonds is 13. The monoisotopic (exact) mass is 594 g/mol. The van der Waals surface area contributed by atoms with Gasteiger partial charge in [-0.1, -0.05) is 82.7 Å². The molecular formula is C31H42ClF3N4O2. The van der Waals surface area contributed by atoms with Crippen molar-refractivity contribution in [3.63, 3.8) is 0 Å². The number of unbranched alkanes of at least 4 members (excludes halogenated alkanes) is 7. The molecule has 0 atom stereocenters. The third kappa shape index (κ3) is 9.70. The fourth-order valence-corrected chi connectivity index (χ4v) is 5.83. The van der Waals surface area contributed by atoms with Gasteiger partial charge < -0.3 is 15.4 Å². The summed E-state index contributed by atoms with van der Waals surface area (Å²) >= 11 is 5.88. The fourth-order valence-electron chi connectivity index (χ4n) is 5.52. The normalized spacial score (nSPS) is 15.0. The Kier molecular flexibility index (Phi) is 12.9. The van der Waals surface area contributed by atoms with E-state index in [1.165, 1.54) is 69.8 Å². The lowest BCUT2D eigenvalue weighted by atomic mass is 9.70. The lowest BCUT2D eigenvalue weighted by Crippen LogP contribution is -2.40. The predicted molar refractivity (Wildman–Crippen MR) is 158 cm³/mol. The Bertz CT molecular complexity index is 1210. The molecule has 0 aliphatic heterocycles. The maximum atomic E-state index is 12.8. The zero-order valence-electron chi connectivity index (χ0n) is 23.8. The van der Waals surface area contributed by atoms with Crippen molar-refractivity contribution in [2.45, 2.75) is 102 Å². The summed E-state index contributed by atoms with van der Waals surface area (Å²) in [5.74, 6) is -2.05. The molecule has 0 spiro atoms. The molecule has 3 N–H and O–H groups in total. The van der Waals surface area contributed by atoms with Crippen molar-refractivity contribution in [3.8, 4) is 0 Å². The third-order valence-electron chi connectivity index (χ3n) is 7.90. The SMILES string of the molecule is CCCCCCCCCCNCC1(c2cnc(C(F)(F)F)nc2)CCCCC1.O=C(O)c1ccc2[nH]ccc2c1Cl. The van der Waals surface area contributed by atoms with Gasteiger partial charge >= 0.3 is 12.1 Å². The molecule has 0 amide bonds. The summed E-state index contributed by atoms with van der Waals surface area (Å²) < 4.78 is 38.3. The van der Waals surface area contributed by atoms with Gasteiger partial charge in [-0.25, -0.2) is 14.8 Å². The van der Waals surface area contributed by atoms with E-state index in [4.69, 9.17) is 16.7 Å². The summed E-state index contributed by atoms with van der Waals surface area (Å²) in [6, 6.07) is 4.94. The highest BCUT2D eigenvalue weighted by atomic mass is 35.5. The number of aromatic amines is 1. The first-order valence-corrected chi connectivity index (χ1v) is 15.1. The largest absolute Gasteiger partial charge is 0.478 e. The topological polar surface area (TPSA) is 90.9 Å². The highest BCUT2D eigenvalue weighted by Crippen LogP contribution is 2.39. The van der Waals surface area contributed by atoms with Crippen LogP contribution in [0.5, 0.6) is 0 Å².